The van der Waals surface area contributed by atoms with E-state index >= 15 is 0 Å². The van der Waals surface area contributed by atoms with Gasteiger partial charge in [-0.15, -0.1) is 0 Å². The first-order valence-corrected chi connectivity index (χ1v) is 10.6. The number of carbonyl (C=O) groups excluding carboxylic acids is 1. The van der Waals surface area contributed by atoms with Crippen molar-refractivity contribution in [1.82, 2.24) is 13.9 Å². The van der Waals surface area contributed by atoms with Crippen LogP contribution in [0.4, 0.5) is 5.69 Å². The van der Waals surface area contributed by atoms with Crippen LogP contribution in [0.25, 0.3) is 11.8 Å². The first-order chi connectivity index (χ1) is 15.1. The minimum atomic E-state index is -0.604. The van der Waals surface area contributed by atoms with Gasteiger partial charge in [0.05, 0.1) is 11.4 Å². The van der Waals surface area contributed by atoms with E-state index in [0.29, 0.717) is 17.3 Å². The van der Waals surface area contributed by atoms with E-state index in [2.05, 4.69) is 23.7 Å². The van der Waals surface area contributed by atoms with E-state index in [0.717, 1.165) is 23.5 Å². The maximum absolute atomic E-state index is 13.0. The number of anilines is 1. The number of carbonyl (C=O) groups is 1. The summed E-state index contributed by atoms with van der Waals surface area (Å²) in [5, 5.41) is 12.3. The van der Waals surface area contributed by atoms with Gasteiger partial charge in [0.25, 0.3) is 11.5 Å². The highest BCUT2D eigenvalue weighted by atomic mass is 16.2. The minimum Gasteiger partial charge on any atom is -0.348 e. The van der Waals surface area contributed by atoms with E-state index in [9.17, 15) is 14.9 Å². The van der Waals surface area contributed by atoms with E-state index in [1.165, 1.54) is 4.68 Å². The number of benzene rings is 1. The molecule has 7 heteroatoms. The van der Waals surface area contributed by atoms with E-state index < -0.39 is 5.91 Å². The molecule has 0 unspecified atom stereocenters. The lowest BCUT2D eigenvalue weighted by molar-refractivity contribution is -0.112. The molecule has 2 heterocycles. The highest BCUT2D eigenvalue weighted by molar-refractivity contribution is 6.10. The summed E-state index contributed by atoms with van der Waals surface area (Å²) in [6.07, 6.45) is 1.59. The fraction of sp³-hybridized carbons (Fsp3) is 0.320. The molecule has 0 fully saturated rings. The van der Waals surface area contributed by atoms with Crippen LogP contribution in [0, 0.1) is 38.0 Å². The molecule has 0 aliphatic heterocycles. The van der Waals surface area contributed by atoms with Gasteiger partial charge in [0, 0.05) is 25.0 Å². The molecule has 1 aromatic carbocycles. The first kappa shape index (κ1) is 22.9. The van der Waals surface area contributed by atoms with Gasteiger partial charge in [-0.3, -0.25) is 14.3 Å². The molecular weight excluding hydrogens is 402 g/mol. The summed E-state index contributed by atoms with van der Waals surface area (Å²) < 4.78 is 5.35. The first-order valence-electron chi connectivity index (χ1n) is 10.6. The fourth-order valence-corrected chi connectivity index (χ4v) is 3.82. The number of hydrogen-bond donors (Lipinski definition) is 1. The van der Waals surface area contributed by atoms with Gasteiger partial charge in [-0.1, -0.05) is 32.0 Å². The van der Waals surface area contributed by atoms with Crippen LogP contribution in [0.3, 0.4) is 0 Å². The van der Waals surface area contributed by atoms with Gasteiger partial charge in [-0.25, -0.2) is 4.68 Å². The van der Waals surface area contributed by atoms with E-state index in [1.54, 1.807) is 24.7 Å². The average Bonchev–Trinajstić information content (AvgIpc) is 3.13. The van der Waals surface area contributed by atoms with Crippen LogP contribution in [0.5, 0.6) is 0 Å². The van der Waals surface area contributed by atoms with Crippen molar-refractivity contribution < 1.29 is 4.79 Å². The molecule has 0 aliphatic rings. The van der Waals surface area contributed by atoms with Crippen LogP contribution in [0.2, 0.25) is 0 Å². The molecule has 0 radical (unpaired) electrons. The number of nitrogens with one attached hydrogen (secondary N) is 1. The number of nitriles is 1. The Kier molecular flexibility index (Phi) is 6.54. The molecule has 2 aromatic heterocycles. The number of hydrogen-bond acceptors (Lipinski definition) is 3. The summed E-state index contributed by atoms with van der Waals surface area (Å²) in [4.78, 5) is 26.0. The summed E-state index contributed by atoms with van der Waals surface area (Å²) in [6.45, 7) is 10.9. The summed E-state index contributed by atoms with van der Waals surface area (Å²) in [5.41, 5.74) is 3.94. The zero-order valence-corrected chi connectivity index (χ0v) is 19.4. The molecule has 1 amide bonds. The summed E-state index contributed by atoms with van der Waals surface area (Å²) in [5.74, 6) is -0.129. The van der Waals surface area contributed by atoms with Gasteiger partial charge >= 0.3 is 0 Å². The third-order valence-corrected chi connectivity index (χ3v) is 5.62. The smallest absolute Gasteiger partial charge is 0.295 e. The lowest BCUT2D eigenvalue weighted by Gasteiger charge is -2.12. The second kappa shape index (κ2) is 9.15. The molecule has 1 N–H and O–H groups in total. The predicted octanol–water partition coefficient (Wildman–Crippen LogP) is 4.10. The van der Waals surface area contributed by atoms with Crippen LogP contribution >= 0.6 is 0 Å². The molecule has 0 aliphatic carbocycles. The number of amides is 1. The Hall–Kier alpha value is -3.79. The van der Waals surface area contributed by atoms with Gasteiger partial charge < -0.3 is 9.88 Å². The Balaban J connectivity index is 1.95. The predicted molar refractivity (Wildman–Crippen MR) is 127 cm³/mol. The number of rotatable bonds is 6. The molecule has 0 bridgehead atoms. The number of aryl methyl sites for hydroxylation is 1. The lowest BCUT2D eigenvalue weighted by atomic mass is 10.1. The number of para-hydroxylation sites is 1. The Morgan fingerprint density at radius 1 is 1.16 bits per heavy atom. The van der Waals surface area contributed by atoms with Crippen LogP contribution in [0.1, 0.15) is 36.5 Å². The van der Waals surface area contributed by atoms with Crippen molar-refractivity contribution in [3.05, 3.63) is 75.0 Å². The van der Waals surface area contributed by atoms with Gasteiger partial charge in [0.15, 0.2) is 0 Å². The summed E-state index contributed by atoms with van der Waals surface area (Å²) in [6, 6.07) is 13.1. The van der Waals surface area contributed by atoms with Crippen molar-refractivity contribution >= 4 is 17.7 Å². The second-order valence-corrected chi connectivity index (χ2v) is 8.39. The maximum Gasteiger partial charge on any atom is 0.295 e. The monoisotopic (exact) mass is 431 g/mol. The topological polar surface area (TPSA) is 84.8 Å². The molecule has 3 aromatic rings. The van der Waals surface area contributed by atoms with E-state index in [4.69, 9.17) is 0 Å². The molecule has 0 atom stereocenters. The van der Waals surface area contributed by atoms with Crippen LogP contribution in [-0.2, 0) is 18.4 Å². The second-order valence-electron chi connectivity index (χ2n) is 8.39. The zero-order chi connectivity index (χ0) is 23.6. The minimum absolute atomic E-state index is 0.0521. The molecule has 166 valence electrons. The molecule has 32 heavy (non-hydrogen) atoms. The highest BCUT2D eigenvalue weighted by Crippen LogP contribution is 2.21. The highest BCUT2D eigenvalue weighted by Gasteiger charge is 2.20. The third kappa shape index (κ3) is 4.30. The van der Waals surface area contributed by atoms with Crippen molar-refractivity contribution in [3.63, 3.8) is 0 Å². The van der Waals surface area contributed by atoms with Gasteiger partial charge in [0.1, 0.15) is 17.3 Å². The third-order valence-electron chi connectivity index (χ3n) is 5.62. The fourth-order valence-electron chi connectivity index (χ4n) is 3.82. The molecule has 0 spiro atoms. The van der Waals surface area contributed by atoms with Gasteiger partial charge in [0.2, 0.25) is 0 Å². The number of aromatic nitrogens is 3. The Morgan fingerprint density at radius 2 is 1.81 bits per heavy atom. The Morgan fingerprint density at radius 3 is 2.41 bits per heavy atom. The molecule has 7 nitrogen and oxygen atoms in total. The van der Waals surface area contributed by atoms with Crippen molar-refractivity contribution in [2.24, 2.45) is 13.0 Å². The normalized spacial score (nSPS) is 11.6. The standard InChI is InChI=1S/C25H29N5O2/c1-16(2)15-29-17(3)12-20(18(29)4)13-21(14-26)24(31)27-23-19(5)28(6)30(25(23)32)22-10-8-7-9-11-22/h7-13,16H,15H2,1-6H3,(H,27,31)/b21-13+. The quantitative estimate of drug-likeness (QED) is 0.471. The average molecular weight is 432 g/mol. The van der Waals surface area contributed by atoms with Crippen LogP contribution in [0.15, 0.2) is 46.8 Å². The lowest BCUT2D eigenvalue weighted by Crippen LogP contribution is -2.23. The molecular formula is C25H29N5O2. The van der Waals surface area contributed by atoms with Crippen LogP contribution in [-0.4, -0.2) is 19.8 Å². The van der Waals surface area contributed by atoms with E-state index in [1.807, 2.05) is 56.3 Å². The van der Waals surface area contributed by atoms with Crippen molar-refractivity contribution in [2.45, 2.75) is 41.2 Å². The van der Waals surface area contributed by atoms with Crippen molar-refractivity contribution in [2.75, 3.05) is 5.32 Å². The molecule has 0 saturated carbocycles. The largest absolute Gasteiger partial charge is 0.348 e. The van der Waals surface area contributed by atoms with Gasteiger partial charge in [-0.2, -0.15) is 5.26 Å². The van der Waals surface area contributed by atoms with Crippen molar-refractivity contribution in [3.8, 4) is 11.8 Å². The van der Waals surface area contributed by atoms with Crippen molar-refractivity contribution in [1.29, 1.82) is 5.26 Å². The Labute approximate surface area is 188 Å². The zero-order valence-electron chi connectivity index (χ0n) is 19.4. The summed E-state index contributed by atoms with van der Waals surface area (Å²) >= 11 is 0. The van der Waals surface area contributed by atoms with E-state index in [-0.39, 0.29) is 16.8 Å². The SMILES string of the molecule is Cc1cc(/C=C(\C#N)C(=O)Nc2c(C)n(C)n(-c3ccccc3)c2=O)c(C)n1CC(C)C. The Bertz CT molecular complexity index is 1280. The maximum atomic E-state index is 13.0. The van der Waals surface area contributed by atoms with Gasteiger partial charge in [-0.05, 0) is 56.5 Å². The number of nitrogens with zero attached hydrogens (tertiary/aromatic N) is 4. The summed E-state index contributed by atoms with van der Waals surface area (Å²) in [7, 11) is 1.75. The molecule has 3 rings (SSSR count). The molecule has 0 saturated heterocycles. The van der Waals surface area contributed by atoms with Crippen LogP contribution < -0.4 is 10.9 Å².